The van der Waals surface area contributed by atoms with Crippen molar-refractivity contribution in [2.24, 2.45) is 0 Å². The van der Waals surface area contributed by atoms with Crippen molar-refractivity contribution in [3.8, 4) is 0 Å². The Hall–Kier alpha value is -2.45. The quantitative estimate of drug-likeness (QED) is 0.731. The third-order valence-electron chi connectivity index (χ3n) is 3.60. The fraction of sp³-hybridized carbons (Fsp3) is 0.222. The van der Waals surface area contributed by atoms with Crippen LogP contribution in [0, 0.1) is 5.82 Å². The zero-order chi connectivity index (χ0) is 20.0. The Bertz CT molecular complexity index is 933. The Kier molecular flexibility index (Phi) is 6.92. The second kappa shape index (κ2) is 8.96. The van der Waals surface area contributed by atoms with Gasteiger partial charge in [0, 0.05) is 22.5 Å². The summed E-state index contributed by atoms with van der Waals surface area (Å²) in [7, 11) is -3.35. The maximum atomic E-state index is 13.3. The summed E-state index contributed by atoms with van der Waals surface area (Å²) >= 11 is 5.78. The van der Waals surface area contributed by atoms with Crippen LogP contribution in [0.3, 0.4) is 0 Å². The average Bonchev–Trinajstić information content (AvgIpc) is 2.58. The number of nitrogens with one attached hydrogen (secondary N) is 2. The van der Waals surface area contributed by atoms with E-state index in [1.807, 2.05) is 0 Å². The van der Waals surface area contributed by atoms with Gasteiger partial charge in [0.2, 0.25) is 5.91 Å². The number of carbonyl (C=O) groups is 2. The SMILES string of the molecule is CS(=O)(=O)CC[C@H](NC(=O)c1ccc(Cl)cc1)C(=O)Nc1cccc(F)c1. The summed E-state index contributed by atoms with van der Waals surface area (Å²) < 4.78 is 36.2. The minimum absolute atomic E-state index is 0.126. The van der Waals surface area contributed by atoms with Gasteiger partial charge >= 0.3 is 0 Å². The van der Waals surface area contributed by atoms with Crippen LogP contribution in [-0.2, 0) is 14.6 Å². The molecule has 0 aliphatic heterocycles. The maximum absolute atomic E-state index is 13.3. The molecule has 0 saturated heterocycles. The van der Waals surface area contributed by atoms with Crippen molar-refractivity contribution in [3.05, 3.63) is 64.9 Å². The minimum atomic E-state index is -3.35. The predicted molar refractivity (Wildman–Crippen MR) is 102 cm³/mol. The van der Waals surface area contributed by atoms with E-state index in [9.17, 15) is 22.4 Å². The molecule has 0 heterocycles. The number of hydrogen-bond acceptors (Lipinski definition) is 4. The summed E-state index contributed by atoms with van der Waals surface area (Å²) in [5, 5.41) is 5.43. The number of halogens is 2. The van der Waals surface area contributed by atoms with Crippen molar-refractivity contribution in [2.45, 2.75) is 12.5 Å². The molecule has 0 unspecified atom stereocenters. The second-order valence-electron chi connectivity index (χ2n) is 5.95. The van der Waals surface area contributed by atoms with Crippen LogP contribution in [0.1, 0.15) is 16.8 Å². The number of amides is 2. The average molecular weight is 413 g/mol. The van der Waals surface area contributed by atoms with Crippen molar-refractivity contribution in [2.75, 3.05) is 17.3 Å². The van der Waals surface area contributed by atoms with Crippen LogP contribution < -0.4 is 10.6 Å². The summed E-state index contributed by atoms with van der Waals surface area (Å²) in [6.07, 6.45) is 0.912. The molecular formula is C18H18ClFN2O4S. The second-order valence-corrected chi connectivity index (χ2v) is 8.65. The maximum Gasteiger partial charge on any atom is 0.251 e. The highest BCUT2D eigenvalue weighted by Gasteiger charge is 2.23. The molecule has 2 amide bonds. The molecule has 0 radical (unpaired) electrons. The molecule has 0 spiro atoms. The third kappa shape index (κ3) is 6.99. The molecule has 0 bridgehead atoms. The van der Waals surface area contributed by atoms with E-state index in [0.29, 0.717) is 5.02 Å². The van der Waals surface area contributed by atoms with E-state index in [1.165, 1.54) is 42.5 Å². The van der Waals surface area contributed by atoms with E-state index in [1.54, 1.807) is 0 Å². The van der Waals surface area contributed by atoms with E-state index >= 15 is 0 Å². The van der Waals surface area contributed by atoms with E-state index < -0.39 is 33.5 Å². The first-order valence-electron chi connectivity index (χ1n) is 7.94. The lowest BCUT2D eigenvalue weighted by Crippen LogP contribution is -2.44. The molecule has 0 aliphatic carbocycles. The number of benzene rings is 2. The molecule has 0 fully saturated rings. The highest BCUT2D eigenvalue weighted by atomic mass is 35.5. The van der Waals surface area contributed by atoms with Gasteiger partial charge in [-0.3, -0.25) is 9.59 Å². The predicted octanol–water partition coefficient (Wildman–Crippen LogP) is 2.65. The smallest absolute Gasteiger partial charge is 0.251 e. The van der Waals surface area contributed by atoms with Crippen molar-refractivity contribution >= 4 is 38.9 Å². The summed E-state index contributed by atoms with van der Waals surface area (Å²) in [4.78, 5) is 24.9. The lowest BCUT2D eigenvalue weighted by atomic mass is 10.1. The number of anilines is 1. The fourth-order valence-corrected chi connectivity index (χ4v) is 3.03. The molecule has 2 aromatic carbocycles. The van der Waals surface area contributed by atoms with Gasteiger partial charge in [-0.15, -0.1) is 0 Å². The molecule has 6 nitrogen and oxygen atoms in total. The largest absolute Gasteiger partial charge is 0.340 e. The van der Waals surface area contributed by atoms with Gasteiger partial charge in [-0.05, 0) is 48.9 Å². The highest BCUT2D eigenvalue weighted by molar-refractivity contribution is 7.90. The van der Waals surface area contributed by atoms with Crippen LogP contribution in [0.5, 0.6) is 0 Å². The highest BCUT2D eigenvalue weighted by Crippen LogP contribution is 2.12. The summed E-state index contributed by atoms with van der Waals surface area (Å²) in [6, 6.07) is 10.1. The van der Waals surface area contributed by atoms with Crippen LogP contribution in [0.4, 0.5) is 10.1 Å². The van der Waals surface area contributed by atoms with Gasteiger partial charge in [0.15, 0.2) is 0 Å². The monoisotopic (exact) mass is 412 g/mol. The minimum Gasteiger partial charge on any atom is -0.340 e. The van der Waals surface area contributed by atoms with Gasteiger partial charge < -0.3 is 10.6 Å². The zero-order valence-corrected chi connectivity index (χ0v) is 16.0. The van der Waals surface area contributed by atoms with Gasteiger partial charge in [-0.1, -0.05) is 17.7 Å². The molecular weight excluding hydrogens is 395 g/mol. The van der Waals surface area contributed by atoms with E-state index in [2.05, 4.69) is 10.6 Å². The van der Waals surface area contributed by atoms with Crippen LogP contribution in [0.25, 0.3) is 0 Å². The summed E-state index contributed by atoms with van der Waals surface area (Å²) in [5.41, 5.74) is 0.465. The van der Waals surface area contributed by atoms with Crippen LogP contribution in [0.2, 0.25) is 5.02 Å². The molecule has 0 aliphatic rings. The lowest BCUT2D eigenvalue weighted by molar-refractivity contribution is -0.118. The van der Waals surface area contributed by atoms with Crippen LogP contribution in [-0.4, -0.2) is 38.3 Å². The lowest BCUT2D eigenvalue weighted by Gasteiger charge is -2.18. The number of sulfone groups is 1. The first-order valence-corrected chi connectivity index (χ1v) is 10.4. The molecule has 27 heavy (non-hydrogen) atoms. The molecule has 0 saturated carbocycles. The normalized spacial score (nSPS) is 12.3. The van der Waals surface area contributed by atoms with E-state index in [-0.39, 0.29) is 23.4 Å². The Labute approximate surface area is 161 Å². The standard InChI is InChI=1S/C18H18ClFN2O4S/c1-27(25,26)10-9-16(18(24)21-15-4-2-3-14(20)11-15)22-17(23)12-5-7-13(19)8-6-12/h2-8,11,16H,9-10H2,1H3,(H,21,24)(H,22,23)/t16-/m0/s1. The fourth-order valence-electron chi connectivity index (χ4n) is 2.24. The first-order chi connectivity index (χ1) is 12.6. The van der Waals surface area contributed by atoms with Crippen LogP contribution in [0.15, 0.2) is 48.5 Å². The zero-order valence-electron chi connectivity index (χ0n) is 14.4. The van der Waals surface area contributed by atoms with Crippen molar-refractivity contribution < 1.29 is 22.4 Å². The summed E-state index contributed by atoms with van der Waals surface area (Å²) in [6.45, 7) is 0. The Morgan fingerprint density at radius 2 is 1.81 bits per heavy atom. The molecule has 2 N–H and O–H groups in total. The van der Waals surface area contributed by atoms with Gasteiger partial charge in [0.25, 0.3) is 5.91 Å². The Morgan fingerprint density at radius 3 is 2.41 bits per heavy atom. The van der Waals surface area contributed by atoms with Crippen molar-refractivity contribution in [3.63, 3.8) is 0 Å². The molecule has 2 aromatic rings. The van der Waals surface area contributed by atoms with Gasteiger partial charge in [-0.2, -0.15) is 0 Å². The molecule has 0 aromatic heterocycles. The van der Waals surface area contributed by atoms with Gasteiger partial charge in [0.1, 0.15) is 21.7 Å². The van der Waals surface area contributed by atoms with Gasteiger partial charge in [0.05, 0.1) is 5.75 Å². The van der Waals surface area contributed by atoms with Crippen LogP contribution >= 0.6 is 11.6 Å². The third-order valence-corrected chi connectivity index (χ3v) is 4.83. The molecule has 2 rings (SSSR count). The topological polar surface area (TPSA) is 92.3 Å². The number of carbonyl (C=O) groups excluding carboxylic acids is 2. The Morgan fingerprint density at radius 1 is 1.15 bits per heavy atom. The molecule has 144 valence electrons. The van der Waals surface area contributed by atoms with Crippen molar-refractivity contribution in [1.29, 1.82) is 0 Å². The number of rotatable bonds is 7. The number of hydrogen-bond donors (Lipinski definition) is 2. The molecule has 9 heteroatoms. The van der Waals surface area contributed by atoms with E-state index in [4.69, 9.17) is 11.6 Å². The Balaban J connectivity index is 2.15. The van der Waals surface area contributed by atoms with Crippen molar-refractivity contribution in [1.82, 2.24) is 5.32 Å². The van der Waals surface area contributed by atoms with E-state index in [0.717, 1.165) is 12.3 Å². The first kappa shape index (κ1) is 20.9. The molecule has 1 atom stereocenters. The summed E-state index contributed by atoms with van der Waals surface area (Å²) in [5.74, 6) is -2.04. The van der Waals surface area contributed by atoms with Gasteiger partial charge in [-0.25, -0.2) is 12.8 Å².